The van der Waals surface area contributed by atoms with Crippen molar-refractivity contribution in [1.29, 1.82) is 0 Å². The minimum atomic E-state index is -0.0145. The van der Waals surface area contributed by atoms with Crippen LogP contribution in [0.4, 0.5) is 5.69 Å². The van der Waals surface area contributed by atoms with Crippen LogP contribution in [0.2, 0.25) is 0 Å². The number of hydrogen-bond donors (Lipinski definition) is 1. The van der Waals surface area contributed by atoms with Crippen LogP contribution in [0.1, 0.15) is 13.8 Å². The van der Waals surface area contributed by atoms with Crippen molar-refractivity contribution in [3.63, 3.8) is 0 Å². The van der Waals surface area contributed by atoms with Crippen LogP contribution < -0.4 is 14.8 Å². The molecule has 0 bridgehead atoms. The summed E-state index contributed by atoms with van der Waals surface area (Å²) in [5, 5.41) is 3.41. The third-order valence-corrected chi connectivity index (χ3v) is 2.25. The maximum absolute atomic E-state index is 5.67. The van der Waals surface area contributed by atoms with Gasteiger partial charge in [-0.05, 0) is 26.0 Å². The number of anilines is 1. The van der Waals surface area contributed by atoms with Crippen molar-refractivity contribution in [2.75, 3.05) is 19.0 Å². The minimum Gasteiger partial charge on any atom is -0.493 e. The molecule has 0 spiro atoms. The van der Waals surface area contributed by atoms with Gasteiger partial charge < -0.3 is 14.8 Å². The summed E-state index contributed by atoms with van der Waals surface area (Å²) in [5.74, 6) is 1.60. The Morgan fingerprint density at radius 2 is 2.21 bits per heavy atom. The van der Waals surface area contributed by atoms with E-state index in [1.54, 1.807) is 7.11 Å². The summed E-state index contributed by atoms with van der Waals surface area (Å²) in [6, 6.07) is 5.85. The summed E-state index contributed by atoms with van der Waals surface area (Å²) >= 11 is 0. The molecule has 0 aromatic heterocycles. The zero-order chi connectivity index (χ0) is 10.2. The van der Waals surface area contributed by atoms with E-state index in [1.165, 1.54) is 0 Å². The molecule has 14 heavy (non-hydrogen) atoms. The summed E-state index contributed by atoms with van der Waals surface area (Å²) in [6.07, 6.45) is 0. The van der Waals surface area contributed by atoms with Crippen molar-refractivity contribution in [1.82, 2.24) is 0 Å². The highest BCUT2D eigenvalue weighted by molar-refractivity contribution is 5.65. The maximum atomic E-state index is 5.67. The van der Waals surface area contributed by atoms with E-state index in [2.05, 4.69) is 19.2 Å². The molecule has 76 valence electrons. The standard InChI is InChI=1S/C11H15NO2/c1-11(2)7-14-10-8(12-11)5-4-6-9(10)13-3/h4-6,12H,7H2,1-3H3. The molecule has 3 nitrogen and oxygen atoms in total. The summed E-state index contributed by atoms with van der Waals surface area (Å²) in [7, 11) is 1.65. The molecular weight excluding hydrogens is 178 g/mol. The van der Waals surface area contributed by atoms with Crippen LogP contribution >= 0.6 is 0 Å². The lowest BCUT2D eigenvalue weighted by Crippen LogP contribution is -2.40. The molecule has 0 radical (unpaired) electrons. The Morgan fingerprint density at radius 1 is 1.43 bits per heavy atom. The largest absolute Gasteiger partial charge is 0.493 e. The van der Waals surface area contributed by atoms with Crippen LogP contribution in [-0.2, 0) is 0 Å². The lowest BCUT2D eigenvalue weighted by atomic mass is 10.0. The molecule has 1 aliphatic rings. The quantitative estimate of drug-likeness (QED) is 0.742. The van der Waals surface area contributed by atoms with E-state index in [-0.39, 0.29) is 5.54 Å². The Kier molecular flexibility index (Phi) is 2.02. The molecule has 0 unspecified atom stereocenters. The van der Waals surface area contributed by atoms with E-state index in [0.29, 0.717) is 6.61 Å². The van der Waals surface area contributed by atoms with E-state index in [0.717, 1.165) is 17.2 Å². The lowest BCUT2D eigenvalue weighted by Gasteiger charge is -2.34. The third-order valence-electron chi connectivity index (χ3n) is 2.25. The molecule has 1 aromatic rings. The number of rotatable bonds is 1. The number of ether oxygens (including phenoxy) is 2. The van der Waals surface area contributed by atoms with E-state index in [4.69, 9.17) is 9.47 Å². The number of methoxy groups -OCH3 is 1. The Morgan fingerprint density at radius 3 is 2.93 bits per heavy atom. The first-order valence-electron chi connectivity index (χ1n) is 4.70. The zero-order valence-electron chi connectivity index (χ0n) is 8.76. The predicted molar refractivity (Wildman–Crippen MR) is 56.2 cm³/mol. The fourth-order valence-corrected chi connectivity index (χ4v) is 1.58. The number of nitrogens with one attached hydrogen (secondary N) is 1. The predicted octanol–water partition coefficient (Wildman–Crippen LogP) is 2.28. The fraction of sp³-hybridized carbons (Fsp3) is 0.455. The monoisotopic (exact) mass is 193 g/mol. The van der Waals surface area contributed by atoms with Crippen molar-refractivity contribution in [2.24, 2.45) is 0 Å². The van der Waals surface area contributed by atoms with Gasteiger partial charge in [-0.1, -0.05) is 6.07 Å². The first kappa shape index (κ1) is 9.19. The molecule has 0 atom stereocenters. The first-order chi connectivity index (χ1) is 6.62. The highest BCUT2D eigenvalue weighted by Gasteiger charge is 2.27. The average molecular weight is 193 g/mol. The van der Waals surface area contributed by atoms with Crippen molar-refractivity contribution >= 4 is 5.69 Å². The number of para-hydroxylation sites is 1. The van der Waals surface area contributed by atoms with Gasteiger partial charge in [-0.15, -0.1) is 0 Å². The van der Waals surface area contributed by atoms with Crippen LogP contribution in [0.15, 0.2) is 18.2 Å². The van der Waals surface area contributed by atoms with Crippen LogP contribution in [0.3, 0.4) is 0 Å². The Balaban J connectivity index is 2.40. The van der Waals surface area contributed by atoms with E-state index >= 15 is 0 Å². The molecule has 0 amide bonds. The maximum Gasteiger partial charge on any atom is 0.184 e. The molecule has 1 aromatic carbocycles. The molecule has 0 fully saturated rings. The molecule has 0 saturated heterocycles. The van der Waals surface area contributed by atoms with E-state index in [9.17, 15) is 0 Å². The Hall–Kier alpha value is -1.38. The zero-order valence-corrected chi connectivity index (χ0v) is 8.76. The second kappa shape index (κ2) is 3.08. The Labute approximate surface area is 84.0 Å². The van der Waals surface area contributed by atoms with Gasteiger partial charge in [0.15, 0.2) is 11.5 Å². The summed E-state index contributed by atoms with van der Waals surface area (Å²) in [6.45, 7) is 4.87. The highest BCUT2D eigenvalue weighted by Crippen LogP contribution is 2.39. The average Bonchev–Trinajstić information content (AvgIpc) is 2.15. The summed E-state index contributed by atoms with van der Waals surface area (Å²) in [4.78, 5) is 0. The van der Waals surface area contributed by atoms with Gasteiger partial charge in [-0.2, -0.15) is 0 Å². The molecule has 0 saturated carbocycles. The van der Waals surface area contributed by atoms with Gasteiger partial charge in [0.05, 0.1) is 18.3 Å². The Bertz CT molecular complexity index is 347. The van der Waals surface area contributed by atoms with Gasteiger partial charge >= 0.3 is 0 Å². The van der Waals surface area contributed by atoms with Gasteiger partial charge in [0.1, 0.15) is 6.61 Å². The topological polar surface area (TPSA) is 30.5 Å². The molecule has 3 heteroatoms. The SMILES string of the molecule is COc1cccc2c1OCC(C)(C)N2. The number of hydrogen-bond acceptors (Lipinski definition) is 3. The lowest BCUT2D eigenvalue weighted by molar-refractivity contribution is 0.231. The second-order valence-electron chi connectivity index (χ2n) is 4.13. The van der Waals surface area contributed by atoms with Gasteiger partial charge in [0, 0.05) is 0 Å². The molecular formula is C11H15NO2. The van der Waals surface area contributed by atoms with Crippen molar-refractivity contribution < 1.29 is 9.47 Å². The molecule has 0 aliphatic carbocycles. The third kappa shape index (κ3) is 1.50. The molecule has 2 rings (SSSR count). The van der Waals surface area contributed by atoms with Crippen molar-refractivity contribution in [2.45, 2.75) is 19.4 Å². The molecule has 1 N–H and O–H groups in total. The minimum absolute atomic E-state index is 0.0145. The number of benzene rings is 1. The highest BCUT2D eigenvalue weighted by atomic mass is 16.5. The van der Waals surface area contributed by atoms with Gasteiger partial charge in [-0.3, -0.25) is 0 Å². The summed E-state index contributed by atoms with van der Waals surface area (Å²) in [5.41, 5.74) is 0.986. The fourth-order valence-electron chi connectivity index (χ4n) is 1.58. The van der Waals surface area contributed by atoms with Gasteiger partial charge in [-0.25, -0.2) is 0 Å². The molecule has 1 aliphatic heterocycles. The number of fused-ring (bicyclic) bond motifs is 1. The second-order valence-corrected chi connectivity index (χ2v) is 4.13. The molecule has 1 heterocycles. The van der Waals surface area contributed by atoms with Gasteiger partial charge in [0.2, 0.25) is 0 Å². The van der Waals surface area contributed by atoms with Crippen molar-refractivity contribution in [3.8, 4) is 11.5 Å². The smallest absolute Gasteiger partial charge is 0.184 e. The van der Waals surface area contributed by atoms with E-state index < -0.39 is 0 Å². The first-order valence-corrected chi connectivity index (χ1v) is 4.70. The van der Waals surface area contributed by atoms with Crippen LogP contribution in [-0.4, -0.2) is 19.3 Å². The normalized spacial score (nSPS) is 17.6. The van der Waals surface area contributed by atoms with Crippen LogP contribution in [0.5, 0.6) is 11.5 Å². The van der Waals surface area contributed by atoms with Gasteiger partial charge in [0.25, 0.3) is 0 Å². The van der Waals surface area contributed by atoms with Crippen LogP contribution in [0.25, 0.3) is 0 Å². The van der Waals surface area contributed by atoms with E-state index in [1.807, 2.05) is 18.2 Å². The summed E-state index contributed by atoms with van der Waals surface area (Å²) < 4.78 is 10.9. The van der Waals surface area contributed by atoms with Crippen LogP contribution in [0, 0.1) is 0 Å². The van der Waals surface area contributed by atoms with Crippen molar-refractivity contribution in [3.05, 3.63) is 18.2 Å².